The van der Waals surface area contributed by atoms with Crippen molar-refractivity contribution in [2.45, 2.75) is 11.4 Å². The number of nitrogens with one attached hydrogen (secondary N) is 1. The fourth-order valence-electron chi connectivity index (χ4n) is 1.42. The maximum absolute atomic E-state index is 11.4. The highest BCUT2D eigenvalue weighted by Gasteiger charge is 2.10. The zero-order chi connectivity index (χ0) is 14.0. The number of hydrogen-bond acceptors (Lipinski definition) is 5. The van der Waals surface area contributed by atoms with Gasteiger partial charge in [0, 0.05) is 17.3 Å². The Labute approximate surface area is 125 Å². The molecule has 0 saturated carbocycles. The number of rotatable bonds is 4. The van der Waals surface area contributed by atoms with Gasteiger partial charge in [-0.15, -0.1) is 11.3 Å². The Bertz CT molecular complexity index is 698. The molecule has 1 aromatic carbocycles. The van der Waals surface area contributed by atoms with Crippen LogP contribution in [0.3, 0.4) is 0 Å². The summed E-state index contributed by atoms with van der Waals surface area (Å²) in [5.41, 5.74) is 0.665. The number of anilines is 1. The third kappa shape index (κ3) is 3.82. The van der Waals surface area contributed by atoms with E-state index < -0.39 is 9.84 Å². The number of aromatic nitrogens is 1. The van der Waals surface area contributed by atoms with Gasteiger partial charge >= 0.3 is 0 Å². The van der Waals surface area contributed by atoms with E-state index in [4.69, 9.17) is 23.2 Å². The Morgan fingerprint density at radius 1 is 1.37 bits per heavy atom. The second-order valence-corrected chi connectivity index (χ2v) is 7.97. The zero-order valence-corrected chi connectivity index (χ0v) is 13.0. The Kier molecular flexibility index (Phi) is 4.35. The minimum absolute atomic E-state index is 0.198. The molecule has 0 radical (unpaired) electrons. The molecular formula is C11H10Cl2N2O2S2. The van der Waals surface area contributed by atoms with Crippen molar-refractivity contribution in [3.8, 4) is 0 Å². The highest BCUT2D eigenvalue weighted by Crippen LogP contribution is 2.26. The lowest BCUT2D eigenvalue weighted by molar-refractivity contribution is 0.602. The van der Waals surface area contributed by atoms with Gasteiger partial charge in [0.2, 0.25) is 0 Å². The molecule has 0 unspecified atom stereocenters. The molecule has 0 bridgehead atoms. The van der Waals surface area contributed by atoms with E-state index in [1.807, 2.05) is 0 Å². The summed E-state index contributed by atoms with van der Waals surface area (Å²) in [6.07, 6.45) is 2.82. The first-order valence-corrected chi connectivity index (χ1v) is 8.66. The summed E-state index contributed by atoms with van der Waals surface area (Å²) in [5, 5.41) is 3.47. The lowest BCUT2D eigenvalue weighted by atomic mass is 10.3. The average Bonchev–Trinajstić information content (AvgIpc) is 2.72. The van der Waals surface area contributed by atoms with Gasteiger partial charge in [0.15, 0.2) is 14.3 Å². The molecule has 1 aromatic heterocycles. The van der Waals surface area contributed by atoms with Crippen molar-refractivity contribution >= 4 is 50.1 Å². The molecule has 0 atom stereocenters. The van der Waals surface area contributed by atoms with Gasteiger partial charge < -0.3 is 5.32 Å². The molecule has 102 valence electrons. The van der Waals surface area contributed by atoms with Gasteiger partial charge in [-0.2, -0.15) is 0 Å². The standard InChI is InChI=1S/C11H10Cl2N2O2S2/c1-19(16,17)8-2-3-10(9(12)4-8)14-5-7-6-15-11(13)18-7/h2-4,6,14H,5H2,1H3. The highest BCUT2D eigenvalue weighted by molar-refractivity contribution is 7.90. The van der Waals surface area contributed by atoms with Gasteiger partial charge in [0.05, 0.1) is 22.2 Å². The molecule has 8 heteroatoms. The number of benzene rings is 1. The maximum atomic E-state index is 11.4. The van der Waals surface area contributed by atoms with Crippen LogP contribution in [0, 0.1) is 0 Å². The van der Waals surface area contributed by atoms with Crippen molar-refractivity contribution in [3.05, 3.63) is 38.8 Å². The first-order valence-electron chi connectivity index (χ1n) is 5.20. The van der Waals surface area contributed by atoms with Crippen molar-refractivity contribution in [2.75, 3.05) is 11.6 Å². The number of halogens is 2. The second-order valence-electron chi connectivity index (χ2n) is 3.85. The largest absolute Gasteiger partial charge is 0.379 e. The molecule has 4 nitrogen and oxygen atoms in total. The molecule has 0 aliphatic rings. The van der Waals surface area contributed by atoms with Crippen LogP contribution in [0.5, 0.6) is 0 Å². The molecule has 0 saturated heterocycles. The molecular weight excluding hydrogens is 327 g/mol. The van der Waals surface area contributed by atoms with Gasteiger partial charge in [-0.3, -0.25) is 0 Å². The molecule has 0 spiro atoms. The van der Waals surface area contributed by atoms with Crippen LogP contribution < -0.4 is 5.32 Å². The number of sulfone groups is 1. The van der Waals surface area contributed by atoms with E-state index in [0.717, 1.165) is 11.1 Å². The van der Waals surface area contributed by atoms with E-state index in [1.54, 1.807) is 12.3 Å². The smallest absolute Gasteiger partial charge is 0.183 e. The van der Waals surface area contributed by atoms with Crippen LogP contribution in [0.15, 0.2) is 29.3 Å². The molecule has 1 N–H and O–H groups in total. The normalized spacial score (nSPS) is 11.5. The number of thiazole rings is 1. The SMILES string of the molecule is CS(=O)(=O)c1ccc(NCc2cnc(Cl)s2)c(Cl)c1. The van der Waals surface area contributed by atoms with Crippen molar-refractivity contribution in [1.82, 2.24) is 4.98 Å². The lowest BCUT2D eigenvalue weighted by Crippen LogP contribution is -2.01. The fraction of sp³-hybridized carbons (Fsp3) is 0.182. The van der Waals surface area contributed by atoms with Gasteiger partial charge in [-0.1, -0.05) is 23.2 Å². The van der Waals surface area contributed by atoms with E-state index in [1.165, 1.54) is 23.5 Å². The molecule has 2 aromatic rings. The van der Waals surface area contributed by atoms with Crippen LogP contribution in [0.2, 0.25) is 9.49 Å². The minimum Gasteiger partial charge on any atom is -0.379 e. The summed E-state index contributed by atoms with van der Waals surface area (Å²) in [6, 6.07) is 4.59. The monoisotopic (exact) mass is 336 g/mol. The molecule has 19 heavy (non-hydrogen) atoms. The molecule has 0 fully saturated rings. The maximum Gasteiger partial charge on any atom is 0.183 e. The van der Waals surface area contributed by atoms with Crippen molar-refractivity contribution in [3.63, 3.8) is 0 Å². The Balaban J connectivity index is 2.14. The van der Waals surface area contributed by atoms with E-state index in [9.17, 15) is 8.42 Å². The summed E-state index contributed by atoms with van der Waals surface area (Å²) in [7, 11) is -3.24. The summed E-state index contributed by atoms with van der Waals surface area (Å²) in [4.78, 5) is 5.09. The number of hydrogen-bond donors (Lipinski definition) is 1. The van der Waals surface area contributed by atoms with Crippen LogP contribution in [0.4, 0.5) is 5.69 Å². The first-order chi connectivity index (χ1) is 8.86. The van der Waals surface area contributed by atoms with E-state index >= 15 is 0 Å². The van der Waals surface area contributed by atoms with E-state index in [-0.39, 0.29) is 4.90 Å². The topological polar surface area (TPSA) is 59.1 Å². The van der Waals surface area contributed by atoms with E-state index in [2.05, 4.69) is 10.3 Å². The van der Waals surface area contributed by atoms with E-state index in [0.29, 0.717) is 21.7 Å². The fourth-order valence-corrected chi connectivity index (χ4v) is 3.29. The summed E-state index contributed by atoms with van der Waals surface area (Å²) < 4.78 is 23.2. The molecule has 0 amide bonds. The Morgan fingerprint density at radius 2 is 2.11 bits per heavy atom. The minimum atomic E-state index is -3.24. The van der Waals surface area contributed by atoms with Gasteiger partial charge in [0.1, 0.15) is 0 Å². The molecule has 0 aliphatic carbocycles. The van der Waals surface area contributed by atoms with Gasteiger partial charge in [0.25, 0.3) is 0 Å². The zero-order valence-electron chi connectivity index (χ0n) is 9.85. The third-order valence-corrected chi connectivity index (χ3v) is 4.88. The van der Waals surface area contributed by atoms with Crippen LogP contribution in [0.1, 0.15) is 4.88 Å². The summed E-state index contributed by atoms with van der Waals surface area (Å²) in [5.74, 6) is 0. The predicted molar refractivity (Wildman–Crippen MR) is 79.0 cm³/mol. The Morgan fingerprint density at radius 3 is 2.63 bits per heavy atom. The number of nitrogens with zero attached hydrogens (tertiary/aromatic N) is 1. The Hall–Kier alpha value is -0.820. The predicted octanol–water partition coefficient (Wildman–Crippen LogP) is 3.47. The van der Waals surface area contributed by atoms with Crippen molar-refractivity contribution in [1.29, 1.82) is 0 Å². The second kappa shape index (κ2) is 5.66. The van der Waals surface area contributed by atoms with Crippen LogP contribution in [0.25, 0.3) is 0 Å². The quantitative estimate of drug-likeness (QED) is 0.928. The van der Waals surface area contributed by atoms with Crippen molar-refractivity contribution in [2.24, 2.45) is 0 Å². The molecule has 2 rings (SSSR count). The molecule has 0 aliphatic heterocycles. The van der Waals surface area contributed by atoms with Crippen LogP contribution >= 0.6 is 34.5 Å². The van der Waals surface area contributed by atoms with Gasteiger partial charge in [-0.25, -0.2) is 13.4 Å². The van der Waals surface area contributed by atoms with Gasteiger partial charge in [-0.05, 0) is 18.2 Å². The average molecular weight is 337 g/mol. The highest BCUT2D eigenvalue weighted by atomic mass is 35.5. The third-order valence-electron chi connectivity index (χ3n) is 2.35. The lowest BCUT2D eigenvalue weighted by Gasteiger charge is -2.08. The summed E-state index contributed by atoms with van der Waals surface area (Å²) >= 11 is 13.1. The van der Waals surface area contributed by atoms with Crippen LogP contribution in [-0.4, -0.2) is 19.7 Å². The van der Waals surface area contributed by atoms with Crippen molar-refractivity contribution < 1.29 is 8.42 Å². The summed E-state index contributed by atoms with van der Waals surface area (Å²) in [6.45, 7) is 0.530. The molecule has 1 heterocycles. The first kappa shape index (κ1) is 14.6. The van der Waals surface area contributed by atoms with Crippen LogP contribution in [-0.2, 0) is 16.4 Å².